The first-order chi connectivity index (χ1) is 8.62. The Morgan fingerprint density at radius 3 is 3.00 bits per heavy atom. The second kappa shape index (κ2) is 6.96. The summed E-state index contributed by atoms with van der Waals surface area (Å²) >= 11 is 1.18. The van der Waals surface area contributed by atoms with Gasteiger partial charge in [0.15, 0.2) is 0 Å². The number of nitrogens with two attached hydrogens (primary N) is 1. The zero-order valence-corrected chi connectivity index (χ0v) is 11.0. The maximum absolute atomic E-state index is 11.1. The van der Waals surface area contributed by atoms with E-state index in [2.05, 4.69) is 11.1 Å². The molecule has 7 heteroatoms. The van der Waals surface area contributed by atoms with Crippen molar-refractivity contribution in [3.8, 4) is 6.07 Å². The van der Waals surface area contributed by atoms with Crippen LogP contribution in [0, 0.1) is 18.3 Å². The number of carbonyl (C=O) groups is 1. The third-order valence-electron chi connectivity index (χ3n) is 2.11. The molecule has 0 saturated carbocycles. The molecule has 0 atom stereocenters. The Bertz CT molecular complexity index is 485. The Morgan fingerprint density at radius 2 is 2.44 bits per heavy atom. The quantitative estimate of drug-likeness (QED) is 0.348. The van der Waals surface area contributed by atoms with Crippen LogP contribution < -0.4 is 11.3 Å². The summed E-state index contributed by atoms with van der Waals surface area (Å²) in [6, 6.07) is 3.89. The first kappa shape index (κ1) is 14.4. The van der Waals surface area contributed by atoms with Gasteiger partial charge in [0.1, 0.15) is 11.1 Å². The molecule has 0 radical (unpaired) electrons. The van der Waals surface area contributed by atoms with Gasteiger partial charge in [-0.3, -0.25) is 10.2 Å². The molecule has 1 aromatic rings. The van der Waals surface area contributed by atoms with Crippen LogP contribution >= 0.6 is 11.8 Å². The van der Waals surface area contributed by atoms with Gasteiger partial charge in [-0.2, -0.15) is 5.26 Å². The van der Waals surface area contributed by atoms with Crippen LogP contribution in [0.15, 0.2) is 11.1 Å². The van der Waals surface area contributed by atoms with Gasteiger partial charge in [-0.25, -0.2) is 10.8 Å². The number of aromatic nitrogens is 1. The first-order valence-electron chi connectivity index (χ1n) is 5.14. The van der Waals surface area contributed by atoms with Gasteiger partial charge in [0, 0.05) is 12.8 Å². The lowest BCUT2D eigenvalue weighted by Gasteiger charge is -2.09. The van der Waals surface area contributed by atoms with E-state index in [1.807, 2.05) is 12.3 Å². The Morgan fingerprint density at radius 1 is 1.72 bits per heavy atom. The Kier molecular flexibility index (Phi) is 5.58. The van der Waals surface area contributed by atoms with Crippen LogP contribution in [0.5, 0.6) is 0 Å². The van der Waals surface area contributed by atoms with E-state index >= 15 is 0 Å². The van der Waals surface area contributed by atoms with E-state index in [-0.39, 0.29) is 11.7 Å². The molecule has 0 aliphatic heterocycles. The Hall–Kier alpha value is -1.62. The summed E-state index contributed by atoms with van der Waals surface area (Å²) in [5, 5.41) is 9.68. The molecule has 0 unspecified atom stereocenters. The fraction of sp³-hybridized carbons (Fsp3) is 0.364. The number of carbonyl (C=O) groups excluding carboxylic acids is 1. The van der Waals surface area contributed by atoms with Crippen molar-refractivity contribution >= 4 is 17.7 Å². The van der Waals surface area contributed by atoms with Gasteiger partial charge in [-0.05, 0) is 18.6 Å². The number of nitriles is 1. The molecule has 0 bridgehead atoms. The lowest BCUT2D eigenvalue weighted by atomic mass is 10.1. The minimum atomic E-state index is -0.319. The van der Waals surface area contributed by atoms with E-state index in [4.69, 9.17) is 15.8 Å². The Balaban J connectivity index is 3.02. The predicted molar refractivity (Wildman–Crippen MR) is 67.5 cm³/mol. The van der Waals surface area contributed by atoms with Gasteiger partial charge in [-0.15, -0.1) is 0 Å². The highest BCUT2D eigenvalue weighted by Gasteiger charge is 2.13. The van der Waals surface area contributed by atoms with Crippen molar-refractivity contribution in [2.75, 3.05) is 12.9 Å². The maximum Gasteiger partial charge on any atom is 0.244 e. The molecule has 0 spiro atoms. The largest absolute Gasteiger partial charge is 0.380 e. The van der Waals surface area contributed by atoms with E-state index in [9.17, 15) is 4.79 Å². The molecular formula is C11H14N4O2S. The first-order valence-corrected chi connectivity index (χ1v) is 6.12. The Labute approximate surface area is 109 Å². The molecule has 6 nitrogen and oxygen atoms in total. The molecule has 96 valence electrons. The molecule has 1 aromatic heterocycles. The molecule has 0 aliphatic rings. The second-order valence-electron chi connectivity index (χ2n) is 3.50. The molecule has 18 heavy (non-hydrogen) atoms. The van der Waals surface area contributed by atoms with Crippen molar-refractivity contribution in [3.63, 3.8) is 0 Å². The van der Waals surface area contributed by atoms with Crippen LogP contribution in [0.25, 0.3) is 0 Å². The average Bonchev–Trinajstić information content (AvgIpc) is 2.36. The van der Waals surface area contributed by atoms with Crippen molar-refractivity contribution in [1.82, 2.24) is 10.4 Å². The van der Waals surface area contributed by atoms with E-state index < -0.39 is 0 Å². The van der Waals surface area contributed by atoms with Crippen LogP contribution in [0.1, 0.15) is 16.8 Å². The van der Waals surface area contributed by atoms with E-state index in [0.29, 0.717) is 17.2 Å². The summed E-state index contributed by atoms with van der Waals surface area (Å²) in [7, 11) is 1.56. The van der Waals surface area contributed by atoms with E-state index in [0.717, 1.165) is 11.3 Å². The number of aryl methyl sites for hydroxylation is 1. The number of methoxy groups -OCH3 is 1. The second-order valence-corrected chi connectivity index (χ2v) is 4.47. The lowest BCUT2D eigenvalue weighted by Crippen LogP contribution is -2.31. The fourth-order valence-corrected chi connectivity index (χ4v) is 2.26. The molecule has 1 rings (SSSR count). The number of rotatable bonds is 5. The zero-order chi connectivity index (χ0) is 13.5. The number of nitrogens with zero attached hydrogens (tertiary/aromatic N) is 2. The van der Waals surface area contributed by atoms with Crippen LogP contribution in [-0.4, -0.2) is 23.8 Å². The SMILES string of the molecule is COCc1cc(C)nc(SCC(=O)NN)c1C#N. The van der Waals surface area contributed by atoms with Gasteiger partial charge in [0.05, 0.1) is 17.9 Å². The third kappa shape index (κ3) is 3.70. The minimum Gasteiger partial charge on any atom is -0.380 e. The highest BCUT2D eigenvalue weighted by molar-refractivity contribution is 8.00. The molecule has 1 heterocycles. The molecular weight excluding hydrogens is 252 g/mol. The van der Waals surface area contributed by atoms with Crippen molar-refractivity contribution in [2.45, 2.75) is 18.6 Å². The normalized spacial score (nSPS) is 9.89. The number of hydrogen-bond acceptors (Lipinski definition) is 6. The topological polar surface area (TPSA) is 101 Å². The highest BCUT2D eigenvalue weighted by atomic mass is 32.2. The molecule has 0 saturated heterocycles. The minimum absolute atomic E-state index is 0.119. The summed E-state index contributed by atoms with van der Waals surface area (Å²) in [6.45, 7) is 2.16. The van der Waals surface area contributed by atoms with E-state index in [1.165, 1.54) is 11.8 Å². The van der Waals surface area contributed by atoms with Crippen molar-refractivity contribution in [3.05, 3.63) is 22.9 Å². The van der Waals surface area contributed by atoms with Crippen LogP contribution in [-0.2, 0) is 16.1 Å². The highest BCUT2D eigenvalue weighted by Crippen LogP contribution is 2.24. The zero-order valence-electron chi connectivity index (χ0n) is 10.2. The summed E-state index contributed by atoms with van der Waals surface area (Å²) in [5.41, 5.74) is 4.02. The number of ether oxygens (including phenoxy) is 1. The van der Waals surface area contributed by atoms with Gasteiger partial charge in [-0.1, -0.05) is 11.8 Å². The van der Waals surface area contributed by atoms with Gasteiger partial charge in [0.2, 0.25) is 5.91 Å². The molecule has 0 aliphatic carbocycles. The predicted octanol–water partition coefficient (Wildman–Crippen LogP) is 0.490. The number of amides is 1. The molecule has 0 aromatic carbocycles. The monoisotopic (exact) mass is 266 g/mol. The van der Waals surface area contributed by atoms with Gasteiger partial charge >= 0.3 is 0 Å². The smallest absolute Gasteiger partial charge is 0.244 e. The van der Waals surface area contributed by atoms with Crippen LogP contribution in [0.4, 0.5) is 0 Å². The van der Waals surface area contributed by atoms with Crippen LogP contribution in [0.2, 0.25) is 0 Å². The molecule has 0 fully saturated rings. The molecule has 3 N–H and O–H groups in total. The van der Waals surface area contributed by atoms with Gasteiger partial charge < -0.3 is 4.74 Å². The standard InChI is InChI=1S/C11H14N4O2S/c1-7-3-8(5-17-2)9(4-12)11(14-7)18-6-10(16)15-13/h3H,5-6,13H2,1-2H3,(H,15,16). The summed E-state index contributed by atoms with van der Waals surface area (Å²) in [6.07, 6.45) is 0. The summed E-state index contributed by atoms with van der Waals surface area (Å²) in [4.78, 5) is 15.3. The number of thioether (sulfide) groups is 1. The van der Waals surface area contributed by atoms with Gasteiger partial charge in [0.25, 0.3) is 0 Å². The number of nitrogens with one attached hydrogen (secondary N) is 1. The average molecular weight is 266 g/mol. The summed E-state index contributed by atoms with van der Waals surface area (Å²) in [5.74, 6) is 4.80. The number of hydrogen-bond donors (Lipinski definition) is 2. The van der Waals surface area contributed by atoms with Crippen molar-refractivity contribution in [2.24, 2.45) is 5.84 Å². The van der Waals surface area contributed by atoms with Crippen molar-refractivity contribution < 1.29 is 9.53 Å². The van der Waals surface area contributed by atoms with Crippen LogP contribution in [0.3, 0.4) is 0 Å². The number of pyridine rings is 1. The van der Waals surface area contributed by atoms with Crippen molar-refractivity contribution in [1.29, 1.82) is 5.26 Å². The lowest BCUT2D eigenvalue weighted by molar-refractivity contribution is -0.118. The fourth-order valence-electron chi connectivity index (χ4n) is 1.38. The molecule has 1 amide bonds. The number of hydrazine groups is 1. The maximum atomic E-state index is 11.1. The third-order valence-corrected chi connectivity index (χ3v) is 3.08. The summed E-state index contributed by atoms with van der Waals surface area (Å²) < 4.78 is 5.04. The van der Waals surface area contributed by atoms with E-state index in [1.54, 1.807) is 13.2 Å².